The molecule has 5 rings (SSSR count). The molecule has 4 aliphatic rings. The van der Waals surface area contributed by atoms with Gasteiger partial charge in [-0.05, 0) is 43.9 Å². The van der Waals surface area contributed by atoms with Gasteiger partial charge in [-0.2, -0.15) is 0 Å². The van der Waals surface area contributed by atoms with Crippen LogP contribution in [0.2, 0.25) is 0 Å². The van der Waals surface area contributed by atoms with Crippen LogP contribution in [0.3, 0.4) is 0 Å². The summed E-state index contributed by atoms with van der Waals surface area (Å²) in [7, 11) is 0. The average molecular weight is 459 g/mol. The van der Waals surface area contributed by atoms with Gasteiger partial charge >= 0.3 is 0 Å². The molecule has 1 aromatic rings. The molecule has 2 bridgehead atoms. The second-order valence-electron chi connectivity index (χ2n) is 9.66. The molecular weight excluding hydrogens is 424 g/mol. The molecule has 4 atom stereocenters. The first-order valence-corrected chi connectivity index (χ1v) is 12.4. The van der Waals surface area contributed by atoms with Gasteiger partial charge in [0.05, 0.1) is 44.4 Å². The van der Waals surface area contributed by atoms with Crippen molar-refractivity contribution < 1.29 is 28.9 Å². The molecule has 4 heterocycles. The van der Waals surface area contributed by atoms with E-state index in [2.05, 4.69) is 5.32 Å². The molecule has 0 unspecified atom stereocenters. The molecule has 1 aromatic carbocycles. The van der Waals surface area contributed by atoms with Crippen LogP contribution < -0.4 is 10.1 Å². The number of anilines is 1. The topological polar surface area (TPSA) is 97.3 Å². The van der Waals surface area contributed by atoms with Crippen LogP contribution in [-0.4, -0.2) is 73.0 Å². The Labute approximate surface area is 194 Å². The Morgan fingerprint density at radius 2 is 1.97 bits per heavy atom. The summed E-state index contributed by atoms with van der Waals surface area (Å²) in [6.45, 7) is 2.70. The van der Waals surface area contributed by atoms with Gasteiger partial charge < -0.3 is 29.5 Å². The minimum atomic E-state index is -0.659. The zero-order valence-corrected chi connectivity index (χ0v) is 19.0. The van der Waals surface area contributed by atoms with Crippen LogP contribution in [0.15, 0.2) is 18.2 Å². The van der Waals surface area contributed by atoms with Gasteiger partial charge in [0.1, 0.15) is 11.9 Å². The lowest BCUT2D eigenvalue weighted by atomic mass is 9.76. The Kier molecular flexibility index (Phi) is 6.85. The number of aliphatic hydroxyl groups is 1. The van der Waals surface area contributed by atoms with E-state index in [0.717, 1.165) is 55.8 Å². The van der Waals surface area contributed by atoms with Crippen LogP contribution >= 0.6 is 0 Å². The van der Waals surface area contributed by atoms with Gasteiger partial charge in [-0.3, -0.25) is 9.59 Å². The van der Waals surface area contributed by atoms with Crippen molar-refractivity contribution in [3.8, 4) is 5.75 Å². The maximum absolute atomic E-state index is 13.1. The van der Waals surface area contributed by atoms with E-state index in [0.29, 0.717) is 19.6 Å². The molecule has 4 aliphatic heterocycles. The quantitative estimate of drug-likeness (QED) is 0.704. The fourth-order valence-electron chi connectivity index (χ4n) is 5.73. The predicted molar refractivity (Wildman–Crippen MR) is 121 cm³/mol. The SMILES string of the molecule is O=C1Nc2ccc(OC3CCOCC3)c(c2)[C@@H]2C[C@H](CC(=O)N3CCCCC3)O[C@@H](CO)[C@H]12. The number of nitrogens with zero attached hydrogens (tertiary/aromatic N) is 1. The first-order chi connectivity index (χ1) is 16.1. The smallest absolute Gasteiger partial charge is 0.230 e. The molecule has 2 amide bonds. The summed E-state index contributed by atoms with van der Waals surface area (Å²) >= 11 is 0. The summed E-state index contributed by atoms with van der Waals surface area (Å²) in [5.74, 6) is -0.00381. The molecule has 8 heteroatoms. The number of carbonyl (C=O) groups is 2. The second kappa shape index (κ2) is 9.99. The molecule has 0 radical (unpaired) electrons. The highest BCUT2D eigenvalue weighted by Crippen LogP contribution is 2.46. The van der Waals surface area contributed by atoms with E-state index < -0.39 is 12.0 Å². The molecule has 0 aliphatic carbocycles. The largest absolute Gasteiger partial charge is 0.490 e. The number of amides is 2. The summed E-state index contributed by atoms with van der Waals surface area (Å²) in [6, 6.07) is 5.78. The third-order valence-corrected chi connectivity index (χ3v) is 7.45. The third kappa shape index (κ3) is 4.88. The number of nitrogens with one attached hydrogen (secondary N) is 1. The van der Waals surface area contributed by atoms with E-state index in [1.165, 1.54) is 6.42 Å². The van der Waals surface area contributed by atoms with Gasteiger partial charge in [-0.1, -0.05) is 0 Å². The minimum Gasteiger partial charge on any atom is -0.490 e. The van der Waals surface area contributed by atoms with Crippen LogP contribution in [0.25, 0.3) is 0 Å². The van der Waals surface area contributed by atoms with Crippen molar-refractivity contribution >= 4 is 17.5 Å². The first kappa shape index (κ1) is 22.6. The van der Waals surface area contributed by atoms with E-state index in [1.54, 1.807) is 0 Å². The van der Waals surface area contributed by atoms with Crippen LogP contribution in [0, 0.1) is 5.92 Å². The number of carbonyl (C=O) groups excluding carboxylic acids is 2. The van der Waals surface area contributed by atoms with Crippen molar-refractivity contribution in [2.24, 2.45) is 5.92 Å². The number of piperidine rings is 1. The molecule has 2 N–H and O–H groups in total. The van der Waals surface area contributed by atoms with Crippen LogP contribution in [0.1, 0.15) is 56.4 Å². The first-order valence-electron chi connectivity index (χ1n) is 12.4. The summed E-state index contributed by atoms with van der Waals surface area (Å²) in [6.07, 6.45) is 4.82. The molecule has 8 nitrogen and oxygen atoms in total. The second-order valence-corrected chi connectivity index (χ2v) is 9.66. The van der Waals surface area contributed by atoms with Gasteiger partial charge in [-0.15, -0.1) is 0 Å². The van der Waals surface area contributed by atoms with E-state index >= 15 is 0 Å². The molecule has 180 valence electrons. The van der Waals surface area contributed by atoms with Crippen LogP contribution in [-0.2, 0) is 19.1 Å². The van der Waals surface area contributed by atoms with E-state index in [-0.39, 0.29) is 43.0 Å². The van der Waals surface area contributed by atoms with Crippen molar-refractivity contribution in [2.75, 3.05) is 38.2 Å². The molecule has 0 spiro atoms. The van der Waals surface area contributed by atoms with Crippen molar-refractivity contribution in [1.29, 1.82) is 0 Å². The van der Waals surface area contributed by atoms with Crippen LogP contribution in [0.4, 0.5) is 5.69 Å². The monoisotopic (exact) mass is 458 g/mol. The number of hydrogen-bond acceptors (Lipinski definition) is 6. The van der Waals surface area contributed by atoms with Gasteiger partial charge in [0.25, 0.3) is 0 Å². The Hall–Kier alpha value is -2.16. The molecule has 33 heavy (non-hydrogen) atoms. The molecular formula is C25H34N2O6. The minimum absolute atomic E-state index is 0.0798. The van der Waals surface area contributed by atoms with Crippen molar-refractivity contribution in [2.45, 2.75) is 69.2 Å². The number of benzene rings is 1. The lowest BCUT2D eigenvalue weighted by Crippen LogP contribution is -2.48. The van der Waals surface area contributed by atoms with Crippen molar-refractivity contribution in [3.05, 3.63) is 23.8 Å². The number of fused-ring (bicyclic) bond motifs is 4. The normalized spacial score (nSPS) is 30.2. The van der Waals surface area contributed by atoms with Crippen LogP contribution in [0.5, 0.6) is 5.75 Å². The Morgan fingerprint density at radius 1 is 1.18 bits per heavy atom. The van der Waals surface area contributed by atoms with E-state index in [1.807, 2.05) is 23.1 Å². The van der Waals surface area contributed by atoms with Crippen molar-refractivity contribution in [3.63, 3.8) is 0 Å². The third-order valence-electron chi connectivity index (χ3n) is 7.45. The lowest BCUT2D eigenvalue weighted by Gasteiger charge is -2.41. The fraction of sp³-hybridized carbons (Fsp3) is 0.680. The molecule has 0 saturated carbocycles. The van der Waals surface area contributed by atoms with E-state index in [9.17, 15) is 14.7 Å². The number of likely N-dealkylation sites (tertiary alicyclic amines) is 1. The Balaban J connectivity index is 1.39. The summed E-state index contributed by atoms with van der Waals surface area (Å²) < 4.78 is 18.0. The fourth-order valence-corrected chi connectivity index (χ4v) is 5.73. The highest BCUT2D eigenvalue weighted by Gasteiger charge is 2.46. The molecule has 0 aromatic heterocycles. The highest BCUT2D eigenvalue weighted by atomic mass is 16.5. The van der Waals surface area contributed by atoms with E-state index in [4.69, 9.17) is 14.2 Å². The summed E-state index contributed by atoms with van der Waals surface area (Å²) in [5.41, 5.74) is 1.68. The zero-order chi connectivity index (χ0) is 22.8. The predicted octanol–water partition coefficient (Wildman–Crippen LogP) is 2.45. The number of hydrogen-bond donors (Lipinski definition) is 2. The molecule has 3 saturated heterocycles. The lowest BCUT2D eigenvalue weighted by molar-refractivity contribution is -0.152. The maximum Gasteiger partial charge on any atom is 0.230 e. The Bertz CT molecular complexity index is 864. The van der Waals surface area contributed by atoms with Gasteiger partial charge in [0.15, 0.2) is 0 Å². The average Bonchev–Trinajstić information content (AvgIpc) is 2.96. The molecule has 3 fully saturated rings. The zero-order valence-electron chi connectivity index (χ0n) is 19.0. The standard InChI is InChI=1S/C25H34N2O6/c28-15-22-24-20(13-18(33-22)14-23(29)27-8-2-1-3-9-27)19-12-16(26-25(24)30)4-5-21(19)32-17-6-10-31-11-7-17/h4-5,12,17-18,20,22,24,28H,1-3,6-11,13-15H2,(H,26,30)/t18-,20+,22+,24-/m1/s1. The number of rotatable bonds is 5. The van der Waals surface area contributed by atoms with Gasteiger partial charge in [-0.25, -0.2) is 0 Å². The Morgan fingerprint density at radius 3 is 2.73 bits per heavy atom. The number of aliphatic hydroxyl groups excluding tert-OH is 1. The maximum atomic E-state index is 13.1. The summed E-state index contributed by atoms with van der Waals surface area (Å²) in [4.78, 5) is 28.0. The van der Waals surface area contributed by atoms with Gasteiger partial charge in [0.2, 0.25) is 11.8 Å². The summed E-state index contributed by atoms with van der Waals surface area (Å²) in [5, 5.41) is 13.1. The van der Waals surface area contributed by atoms with Gasteiger partial charge in [0, 0.05) is 43.1 Å². The number of ether oxygens (including phenoxy) is 3. The highest BCUT2D eigenvalue weighted by molar-refractivity contribution is 5.95. The van der Waals surface area contributed by atoms with Crippen molar-refractivity contribution in [1.82, 2.24) is 4.90 Å².